The van der Waals surface area contributed by atoms with Crippen LogP contribution in [0.5, 0.6) is 0 Å². The molecule has 0 fully saturated rings. The van der Waals surface area contributed by atoms with Crippen molar-refractivity contribution in [1.29, 1.82) is 0 Å². The molecule has 1 heterocycles. The molecule has 2 rings (SSSR count). The van der Waals surface area contributed by atoms with Gasteiger partial charge in [0.25, 0.3) is 0 Å². The van der Waals surface area contributed by atoms with Crippen molar-refractivity contribution >= 4 is 17.6 Å². The molecule has 0 saturated heterocycles. The van der Waals surface area contributed by atoms with Gasteiger partial charge in [0.1, 0.15) is 5.82 Å². The van der Waals surface area contributed by atoms with Crippen molar-refractivity contribution in [3.05, 3.63) is 53.7 Å². The van der Waals surface area contributed by atoms with E-state index in [1.54, 1.807) is 19.2 Å². The Morgan fingerprint density at radius 3 is 2.71 bits per heavy atom. The Morgan fingerprint density at radius 2 is 2.05 bits per heavy atom. The highest BCUT2D eigenvalue weighted by molar-refractivity contribution is 5.83. The number of hydrogen-bond donors (Lipinski definition) is 2. The fourth-order valence-corrected chi connectivity index (χ4v) is 1.85. The average molecular weight is 285 g/mol. The third-order valence-electron chi connectivity index (χ3n) is 3.01. The van der Waals surface area contributed by atoms with Gasteiger partial charge in [-0.05, 0) is 37.1 Å². The van der Waals surface area contributed by atoms with Crippen LogP contribution in [0.1, 0.15) is 18.1 Å². The van der Waals surface area contributed by atoms with Crippen LogP contribution < -0.4 is 10.6 Å². The van der Waals surface area contributed by atoms with Crippen LogP contribution in [-0.4, -0.2) is 17.7 Å². The summed E-state index contributed by atoms with van der Waals surface area (Å²) in [4.78, 5) is 15.4. The summed E-state index contributed by atoms with van der Waals surface area (Å²) in [5.74, 6) is 0.467. The summed E-state index contributed by atoms with van der Waals surface area (Å²) in [6.45, 7) is 4.91. The SMILES string of the molecule is CCOC(=O)Nc1ccc(NCc2ccccc2C)cn1. The zero-order valence-electron chi connectivity index (χ0n) is 12.2. The van der Waals surface area contributed by atoms with Crippen LogP contribution in [-0.2, 0) is 11.3 Å². The summed E-state index contributed by atoms with van der Waals surface area (Å²) in [5.41, 5.74) is 3.39. The Labute approximate surface area is 124 Å². The van der Waals surface area contributed by atoms with Gasteiger partial charge in [0.15, 0.2) is 0 Å². The number of rotatable bonds is 5. The van der Waals surface area contributed by atoms with E-state index in [1.165, 1.54) is 11.1 Å². The molecular formula is C16H19N3O2. The van der Waals surface area contributed by atoms with Gasteiger partial charge in [-0.15, -0.1) is 0 Å². The highest BCUT2D eigenvalue weighted by Crippen LogP contribution is 2.13. The number of amides is 1. The van der Waals surface area contributed by atoms with Crippen LogP contribution in [0, 0.1) is 6.92 Å². The van der Waals surface area contributed by atoms with Crippen LogP contribution in [0.3, 0.4) is 0 Å². The molecule has 1 amide bonds. The van der Waals surface area contributed by atoms with Gasteiger partial charge in [-0.25, -0.2) is 9.78 Å². The Hall–Kier alpha value is -2.56. The van der Waals surface area contributed by atoms with Gasteiger partial charge in [-0.3, -0.25) is 5.32 Å². The zero-order valence-corrected chi connectivity index (χ0v) is 12.2. The topological polar surface area (TPSA) is 63.2 Å². The van der Waals surface area contributed by atoms with Gasteiger partial charge < -0.3 is 10.1 Å². The van der Waals surface area contributed by atoms with E-state index in [0.29, 0.717) is 12.4 Å². The van der Waals surface area contributed by atoms with Crippen molar-refractivity contribution in [2.75, 3.05) is 17.2 Å². The highest BCUT2D eigenvalue weighted by Gasteiger charge is 2.03. The number of carbonyl (C=O) groups is 1. The van der Waals surface area contributed by atoms with E-state index in [1.807, 2.05) is 18.2 Å². The largest absolute Gasteiger partial charge is 0.450 e. The normalized spacial score (nSPS) is 10.0. The number of carbonyl (C=O) groups excluding carboxylic acids is 1. The van der Waals surface area contributed by atoms with Crippen LogP contribution in [0.25, 0.3) is 0 Å². The lowest BCUT2D eigenvalue weighted by molar-refractivity contribution is 0.168. The second-order valence-corrected chi connectivity index (χ2v) is 4.56. The van der Waals surface area contributed by atoms with Gasteiger partial charge in [-0.2, -0.15) is 0 Å². The van der Waals surface area contributed by atoms with E-state index in [2.05, 4.69) is 34.7 Å². The molecule has 1 aromatic heterocycles. The minimum atomic E-state index is -0.495. The second kappa shape index (κ2) is 7.28. The lowest BCUT2D eigenvalue weighted by Gasteiger charge is -2.09. The first-order valence-corrected chi connectivity index (χ1v) is 6.87. The molecule has 0 bridgehead atoms. The van der Waals surface area contributed by atoms with E-state index in [0.717, 1.165) is 12.2 Å². The average Bonchev–Trinajstić information content (AvgIpc) is 2.48. The lowest BCUT2D eigenvalue weighted by atomic mass is 10.1. The number of pyridine rings is 1. The predicted molar refractivity (Wildman–Crippen MR) is 83.4 cm³/mol. The lowest BCUT2D eigenvalue weighted by Crippen LogP contribution is -2.14. The van der Waals surface area contributed by atoms with Crippen molar-refractivity contribution in [3.63, 3.8) is 0 Å². The van der Waals surface area contributed by atoms with Crippen molar-refractivity contribution in [2.24, 2.45) is 0 Å². The molecule has 1 aromatic carbocycles. The molecular weight excluding hydrogens is 266 g/mol. The Morgan fingerprint density at radius 1 is 1.24 bits per heavy atom. The zero-order chi connectivity index (χ0) is 15.1. The molecule has 2 N–H and O–H groups in total. The van der Waals surface area contributed by atoms with E-state index in [4.69, 9.17) is 4.74 Å². The number of benzene rings is 1. The quantitative estimate of drug-likeness (QED) is 0.881. The number of nitrogens with one attached hydrogen (secondary N) is 2. The van der Waals surface area contributed by atoms with Crippen molar-refractivity contribution in [3.8, 4) is 0 Å². The first kappa shape index (κ1) is 14.8. The van der Waals surface area contributed by atoms with Gasteiger partial charge in [0.2, 0.25) is 0 Å². The van der Waals surface area contributed by atoms with Gasteiger partial charge >= 0.3 is 6.09 Å². The molecule has 0 aliphatic heterocycles. The highest BCUT2D eigenvalue weighted by atomic mass is 16.5. The van der Waals surface area contributed by atoms with Crippen molar-refractivity contribution in [2.45, 2.75) is 20.4 Å². The summed E-state index contributed by atoms with van der Waals surface area (Å²) >= 11 is 0. The first-order chi connectivity index (χ1) is 10.2. The van der Waals surface area contributed by atoms with E-state index < -0.39 is 6.09 Å². The third-order valence-corrected chi connectivity index (χ3v) is 3.01. The number of ether oxygens (including phenoxy) is 1. The second-order valence-electron chi connectivity index (χ2n) is 4.56. The molecule has 110 valence electrons. The maximum absolute atomic E-state index is 11.3. The summed E-state index contributed by atoms with van der Waals surface area (Å²) in [6, 6.07) is 11.8. The number of nitrogens with zero attached hydrogens (tertiary/aromatic N) is 1. The number of aromatic nitrogens is 1. The molecule has 5 nitrogen and oxygen atoms in total. The minimum absolute atomic E-state index is 0.335. The molecule has 0 spiro atoms. The van der Waals surface area contributed by atoms with E-state index >= 15 is 0 Å². The molecule has 0 atom stereocenters. The Balaban J connectivity index is 1.91. The number of aryl methyl sites for hydroxylation is 1. The van der Waals surface area contributed by atoms with E-state index in [9.17, 15) is 4.79 Å². The maximum atomic E-state index is 11.3. The maximum Gasteiger partial charge on any atom is 0.412 e. The fourth-order valence-electron chi connectivity index (χ4n) is 1.85. The van der Waals surface area contributed by atoms with Crippen molar-refractivity contribution in [1.82, 2.24) is 4.98 Å². The molecule has 5 heteroatoms. The van der Waals surface area contributed by atoms with Gasteiger partial charge in [-0.1, -0.05) is 24.3 Å². The molecule has 0 aliphatic rings. The molecule has 0 saturated carbocycles. The summed E-state index contributed by atoms with van der Waals surface area (Å²) < 4.78 is 4.79. The standard InChI is InChI=1S/C16H19N3O2/c1-3-21-16(20)19-15-9-8-14(11-18-15)17-10-13-7-5-4-6-12(13)2/h4-9,11,17H,3,10H2,1-2H3,(H,18,19,20). The smallest absolute Gasteiger partial charge is 0.412 e. The van der Waals surface area contributed by atoms with Crippen molar-refractivity contribution < 1.29 is 9.53 Å². The summed E-state index contributed by atoms with van der Waals surface area (Å²) in [6.07, 6.45) is 1.19. The molecule has 0 radical (unpaired) electrons. The van der Waals surface area contributed by atoms with E-state index in [-0.39, 0.29) is 0 Å². The monoisotopic (exact) mass is 285 g/mol. The molecule has 0 aliphatic carbocycles. The summed E-state index contributed by atoms with van der Waals surface area (Å²) in [7, 11) is 0. The van der Waals surface area contributed by atoms with Gasteiger partial charge in [0.05, 0.1) is 18.5 Å². The van der Waals surface area contributed by atoms with Crippen LogP contribution in [0.2, 0.25) is 0 Å². The number of hydrogen-bond acceptors (Lipinski definition) is 4. The van der Waals surface area contributed by atoms with Crippen LogP contribution in [0.4, 0.5) is 16.3 Å². The van der Waals surface area contributed by atoms with Crippen LogP contribution in [0.15, 0.2) is 42.6 Å². The van der Waals surface area contributed by atoms with Gasteiger partial charge in [0, 0.05) is 6.54 Å². The third kappa shape index (κ3) is 4.49. The predicted octanol–water partition coefficient (Wildman–Crippen LogP) is 3.57. The minimum Gasteiger partial charge on any atom is -0.450 e. The first-order valence-electron chi connectivity index (χ1n) is 6.87. The van der Waals surface area contributed by atoms with Crippen LogP contribution >= 0.6 is 0 Å². The molecule has 21 heavy (non-hydrogen) atoms. The summed E-state index contributed by atoms with van der Waals surface area (Å²) in [5, 5.41) is 5.85. The molecule has 0 unspecified atom stereocenters. The molecule has 2 aromatic rings. The number of anilines is 2. The Kier molecular flexibility index (Phi) is 5.15. The Bertz CT molecular complexity index is 597. The fraction of sp³-hybridized carbons (Fsp3) is 0.250.